The number of β-amino-alcohol motifs (C(OH)–C–C–N with tert-alkyl or cyclic N) is 1. The maximum Gasteiger partial charge on any atom is 0.282 e. The van der Waals surface area contributed by atoms with Crippen LogP contribution in [0.5, 0.6) is 0 Å². The summed E-state index contributed by atoms with van der Waals surface area (Å²) >= 11 is 0. The first-order valence-electron chi connectivity index (χ1n) is 5.39. The second-order valence-corrected chi connectivity index (χ2v) is 6.62. The van der Waals surface area contributed by atoms with Gasteiger partial charge in [0.15, 0.2) is 0 Å². The maximum absolute atomic E-state index is 12.1. The molecule has 0 aromatic carbocycles. The molecule has 5 nitrogen and oxygen atoms in total. The summed E-state index contributed by atoms with van der Waals surface area (Å²) in [5.74, 6) is 0. The highest BCUT2D eigenvalue weighted by Gasteiger charge is 2.40. The van der Waals surface area contributed by atoms with Gasteiger partial charge in [-0.25, -0.2) is 0 Å². The number of rotatable bonds is 2. The van der Waals surface area contributed by atoms with Crippen molar-refractivity contribution in [1.82, 2.24) is 8.61 Å². The Kier molecular flexibility index (Phi) is 2.79. The van der Waals surface area contributed by atoms with Crippen molar-refractivity contribution in [2.24, 2.45) is 0 Å². The van der Waals surface area contributed by atoms with Gasteiger partial charge in [-0.05, 0) is 26.2 Å². The van der Waals surface area contributed by atoms with Crippen LogP contribution in [0.1, 0.15) is 26.2 Å². The minimum Gasteiger partial charge on any atom is -0.389 e. The summed E-state index contributed by atoms with van der Waals surface area (Å²) in [5, 5.41) is 9.75. The number of nitrogens with zero attached hydrogens (tertiary/aromatic N) is 2. The van der Waals surface area contributed by atoms with Crippen LogP contribution in [0.25, 0.3) is 0 Å². The number of hydrogen-bond donors (Lipinski definition) is 1. The number of hydrogen-bond acceptors (Lipinski definition) is 3. The van der Waals surface area contributed by atoms with Crippen LogP contribution in [-0.2, 0) is 10.2 Å². The molecule has 0 amide bonds. The van der Waals surface area contributed by atoms with E-state index in [1.807, 2.05) is 0 Å². The molecule has 6 heteroatoms. The van der Waals surface area contributed by atoms with Gasteiger partial charge >= 0.3 is 0 Å². The van der Waals surface area contributed by atoms with Crippen LogP contribution in [-0.4, -0.2) is 53.9 Å². The summed E-state index contributed by atoms with van der Waals surface area (Å²) < 4.78 is 27.1. The van der Waals surface area contributed by atoms with Gasteiger partial charge in [-0.2, -0.15) is 17.0 Å². The van der Waals surface area contributed by atoms with Gasteiger partial charge in [0.05, 0.1) is 5.60 Å². The average Bonchev–Trinajstić information content (AvgIpc) is 2.72. The van der Waals surface area contributed by atoms with Gasteiger partial charge in [0, 0.05) is 26.2 Å². The predicted octanol–water partition coefficient (Wildman–Crippen LogP) is -0.216. The quantitative estimate of drug-likeness (QED) is 0.719. The minimum atomic E-state index is -3.30. The molecule has 0 bridgehead atoms. The normalized spacial score (nSPS) is 35.1. The van der Waals surface area contributed by atoms with E-state index in [0.717, 1.165) is 12.8 Å². The van der Waals surface area contributed by atoms with Crippen LogP contribution in [0.3, 0.4) is 0 Å². The van der Waals surface area contributed by atoms with Crippen molar-refractivity contribution in [2.45, 2.75) is 31.8 Å². The molecule has 0 spiro atoms. The zero-order valence-corrected chi connectivity index (χ0v) is 9.83. The molecule has 1 atom stereocenters. The van der Waals surface area contributed by atoms with Gasteiger partial charge in [0.2, 0.25) is 0 Å². The van der Waals surface area contributed by atoms with E-state index in [2.05, 4.69) is 0 Å². The maximum atomic E-state index is 12.1. The lowest BCUT2D eigenvalue weighted by molar-refractivity contribution is 0.0758. The summed E-state index contributed by atoms with van der Waals surface area (Å²) in [7, 11) is -3.30. The fourth-order valence-corrected chi connectivity index (χ4v) is 3.99. The molecule has 2 heterocycles. The van der Waals surface area contributed by atoms with E-state index >= 15 is 0 Å². The standard InChI is InChI=1S/C9H18N2O3S/c1-9(12)4-7-11(8-9)15(13,14)10-5-2-3-6-10/h12H,2-8H2,1H3. The molecule has 0 aromatic heterocycles. The predicted molar refractivity (Wildman–Crippen MR) is 56.5 cm³/mol. The fourth-order valence-electron chi connectivity index (χ4n) is 2.18. The number of aliphatic hydroxyl groups is 1. The van der Waals surface area contributed by atoms with Gasteiger partial charge in [-0.3, -0.25) is 0 Å². The van der Waals surface area contributed by atoms with E-state index in [-0.39, 0.29) is 6.54 Å². The highest BCUT2D eigenvalue weighted by Crippen LogP contribution is 2.26. The Morgan fingerprint density at radius 1 is 1.13 bits per heavy atom. The van der Waals surface area contributed by atoms with Gasteiger partial charge in [0.25, 0.3) is 10.2 Å². The molecular formula is C9H18N2O3S. The lowest BCUT2D eigenvalue weighted by atomic mass is 10.1. The van der Waals surface area contributed by atoms with Crippen LogP contribution in [0.15, 0.2) is 0 Å². The Labute approximate surface area is 90.9 Å². The Hall–Kier alpha value is -0.170. The molecule has 2 saturated heterocycles. The van der Waals surface area contributed by atoms with Crippen molar-refractivity contribution in [2.75, 3.05) is 26.2 Å². The van der Waals surface area contributed by atoms with E-state index in [4.69, 9.17) is 0 Å². The van der Waals surface area contributed by atoms with Gasteiger partial charge < -0.3 is 5.11 Å². The molecule has 2 aliphatic heterocycles. The first kappa shape index (κ1) is 11.3. The first-order valence-corrected chi connectivity index (χ1v) is 6.79. The third kappa shape index (κ3) is 2.18. The Morgan fingerprint density at radius 2 is 1.73 bits per heavy atom. The molecule has 15 heavy (non-hydrogen) atoms. The first-order chi connectivity index (χ1) is 6.92. The van der Waals surface area contributed by atoms with Crippen molar-refractivity contribution in [1.29, 1.82) is 0 Å². The lowest BCUT2D eigenvalue weighted by Gasteiger charge is -2.24. The highest BCUT2D eigenvalue weighted by atomic mass is 32.2. The Balaban J connectivity index is 2.10. The summed E-state index contributed by atoms with van der Waals surface area (Å²) in [5.41, 5.74) is -0.854. The smallest absolute Gasteiger partial charge is 0.282 e. The van der Waals surface area contributed by atoms with E-state index in [1.54, 1.807) is 6.92 Å². The largest absolute Gasteiger partial charge is 0.389 e. The third-order valence-corrected chi connectivity index (χ3v) is 5.12. The second kappa shape index (κ2) is 3.69. The molecular weight excluding hydrogens is 216 g/mol. The van der Waals surface area contributed by atoms with E-state index in [9.17, 15) is 13.5 Å². The molecule has 1 unspecified atom stereocenters. The fraction of sp³-hybridized carbons (Fsp3) is 1.00. The summed E-state index contributed by atoms with van der Waals surface area (Å²) in [6.07, 6.45) is 2.42. The Bertz CT molecular complexity index is 333. The molecule has 88 valence electrons. The molecule has 0 radical (unpaired) electrons. The zero-order chi connectivity index (χ0) is 11.1. The highest BCUT2D eigenvalue weighted by molar-refractivity contribution is 7.86. The van der Waals surface area contributed by atoms with Gasteiger partial charge in [0.1, 0.15) is 0 Å². The van der Waals surface area contributed by atoms with E-state index < -0.39 is 15.8 Å². The van der Waals surface area contributed by atoms with Crippen LogP contribution >= 0.6 is 0 Å². The third-order valence-electron chi connectivity index (χ3n) is 3.13. The van der Waals surface area contributed by atoms with Crippen LogP contribution in [0, 0.1) is 0 Å². The SMILES string of the molecule is CC1(O)CCN(S(=O)(=O)N2CCCC2)C1. The van der Waals surface area contributed by atoms with Crippen molar-refractivity contribution in [3.05, 3.63) is 0 Å². The zero-order valence-electron chi connectivity index (χ0n) is 9.02. The second-order valence-electron chi connectivity index (χ2n) is 4.69. The summed E-state index contributed by atoms with van der Waals surface area (Å²) in [6.45, 7) is 3.60. The minimum absolute atomic E-state index is 0.228. The monoisotopic (exact) mass is 234 g/mol. The molecule has 1 N–H and O–H groups in total. The average molecular weight is 234 g/mol. The van der Waals surface area contributed by atoms with Crippen molar-refractivity contribution in [3.63, 3.8) is 0 Å². The van der Waals surface area contributed by atoms with Crippen molar-refractivity contribution in [3.8, 4) is 0 Å². The van der Waals surface area contributed by atoms with E-state index in [0.29, 0.717) is 26.1 Å². The topological polar surface area (TPSA) is 60.9 Å². The molecule has 0 aromatic rings. The Morgan fingerprint density at radius 3 is 2.20 bits per heavy atom. The summed E-state index contributed by atoms with van der Waals surface area (Å²) in [4.78, 5) is 0. The molecule has 2 rings (SSSR count). The van der Waals surface area contributed by atoms with Crippen molar-refractivity contribution < 1.29 is 13.5 Å². The lowest BCUT2D eigenvalue weighted by Crippen LogP contribution is -2.42. The molecule has 0 aliphatic carbocycles. The van der Waals surface area contributed by atoms with E-state index in [1.165, 1.54) is 8.61 Å². The van der Waals surface area contributed by atoms with Crippen LogP contribution in [0.2, 0.25) is 0 Å². The van der Waals surface area contributed by atoms with Gasteiger partial charge in [-0.1, -0.05) is 0 Å². The van der Waals surface area contributed by atoms with Crippen LogP contribution in [0.4, 0.5) is 0 Å². The molecule has 2 aliphatic rings. The van der Waals surface area contributed by atoms with Crippen molar-refractivity contribution >= 4 is 10.2 Å². The molecule has 0 saturated carbocycles. The van der Waals surface area contributed by atoms with Crippen LogP contribution < -0.4 is 0 Å². The summed E-state index contributed by atoms with van der Waals surface area (Å²) in [6, 6.07) is 0. The molecule has 2 fully saturated rings. The van der Waals surface area contributed by atoms with Gasteiger partial charge in [-0.15, -0.1) is 0 Å².